The summed E-state index contributed by atoms with van der Waals surface area (Å²) in [6, 6.07) is 5.83. The van der Waals surface area contributed by atoms with E-state index in [0.717, 1.165) is 35.6 Å². The van der Waals surface area contributed by atoms with Gasteiger partial charge in [-0.3, -0.25) is 0 Å². The molecule has 0 aromatic carbocycles. The highest BCUT2D eigenvalue weighted by Crippen LogP contribution is 2.31. The molecule has 1 fully saturated rings. The topological polar surface area (TPSA) is 85.1 Å². The van der Waals surface area contributed by atoms with E-state index in [1.807, 2.05) is 38.2 Å². The van der Waals surface area contributed by atoms with Gasteiger partial charge in [-0.15, -0.1) is 0 Å². The van der Waals surface area contributed by atoms with Crippen molar-refractivity contribution in [3.63, 3.8) is 0 Å². The molecule has 0 radical (unpaired) electrons. The average molecular weight is 410 g/mol. The smallest absolute Gasteiger partial charge is 0.410 e. The number of pyridine rings is 1. The fraction of sp³-hybridized carbons (Fsp3) is 0.429. The van der Waals surface area contributed by atoms with Crippen LogP contribution in [0.25, 0.3) is 16.8 Å². The van der Waals surface area contributed by atoms with Crippen LogP contribution in [-0.4, -0.2) is 70.0 Å². The zero-order chi connectivity index (χ0) is 21.3. The molecule has 9 heteroatoms. The molecule has 1 amide bonds. The standard InChI is InChI=1S/C21H26N6O3/c1-14(2)30-21(28)25(3)15-7-10-26(13-15)18-8-11-27-19(24-18)17(12-23-27)16-6-5-9-22-20(16)29-4/h5-6,8-9,11-12,14-15H,7,10,13H2,1-4H3/t15-/m0/s1. The third-order valence-corrected chi connectivity index (χ3v) is 5.27. The number of anilines is 1. The van der Waals surface area contributed by atoms with Crippen molar-refractivity contribution < 1.29 is 14.3 Å². The fourth-order valence-electron chi connectivity index (χ4n) is 3.68. The van der Waals surface area contributed by atoms with Crippen molar-refractivity contribution in [2.24, 2.45) is 0 Å². The van der Waals surface area contributed by atoms with Gasteiger partial charge in [0.05, 0.1) is 31.0 Å². The molecule has 0 unspecified atom stereocenters. The van der Waals surface area contributed by atoms with Crippen LogP contribution in [0, 0.1) is 0 Å². The molecule has 0 bridgehead atoms. The third-order valence-electron chi connectivity index (χ3n) is 5.27. The number of rotatable bonds is 5. The Morgan fingerprint density at radius 3 is 2.90 bits per heavy atom. The van der Waals surface area contributed by atoms with E-state index in [9.17, 15) is 4.79 Å². The molecule has 158 valence electrons. The lowest BCUT2D eigenvalue weighted by Gasteiger charge is -2.25. The second kappa shape index (κ2) is 8.17. The maximum absolute atomic E-state index is 12.2. The summed E-state index contributed by atoms with van der Waals surface area (Å²) in [7, 11) is 3.39. The number of amides is 1. The van der Waals surface area contributed by atoms with E-state index in [1.54, 1.807) is 36.0 Å². The summed E-state index contributed by atoms with van der Waals surface area (Å²) in [6.45, 7) is 5.22. The minimum atomic E-state index is -0.290. The lowest BCUT2D eigenvalue weighted by atomic mass is 10.1. The highest BCUT2D eigenvalue weighted by Gasteiger charge is 2.30. The SMILES string of the molecule is COc1ncccc1-c1cnn2ccc(N3CC[C@H](N(C)C(=O)OC(C)C)C3)nc12. The Morgan fingerprint density at radius 2 is 2.13 bits per heavy atom. The van der Waals surface area contributed by atoms with E-state index < -0.39 is 0 Å². The molecule has 4 rings (SSSR count). The van der Waals surface area contributed by atoms with E-state index >= 15 is 0 Å². The number of carbonyl (C=O) groups excluding carboxylic acids is 1. The highest BCUT2D eigenvalue weighted by atomic mass is 16.6. The van der Waals surface area contributed by atoms with Crippen LogP contribution in [0.15, 0.2) is 36.8 Å². The number of hydrogen-bond donors (Lipinski definition) is 0. The van der Waals surface area contributed by atoms with Gasteiger partial charge < -0.3 is 19.3 Å². The fourth-order valence-corrected chi connectivity index (χ4v) is 3.68. The maximum Gasteiger partial charge on any atom is 0.410 e. The normalized spacial score (nSPS) is 16.3. The van der Waals surface area contributed by atoms with Gasteiger partial charge in [-0.25, -0.2) is 19.3 Å². The second-order valence-corrected chi connectivity index (χ2v) is 7.60. The van der Waals surface area contributed by atoms with E-state index in [0.29, 0.717) is 12.4 Å². The number of aromatic nitrogens is 4. The zero-order valence-corrected chi connectivity index (χ0v) is 17.6. The maximum atomic E-state index is 12.2. The van der Waals surface area contributed by atoms with Gasteiger partial charge in [0.15, 0.2) is 5.65 Å². The quantitative estimate of drug-likeness (QED) is 0.639. The largest absolute Gasteiger partial charge is 0.481 e. The third kappa shape index (κ3) is 3.74. The molecule has 1 aliphatic heterocycles. The first-order chi connectivity index (χ1) is 14.5. The summed E-state index contributed by atoms with van der Waals surface area (Å²) in [4.78, 5) is 25.2. The first-order valence-electron chi connectivity index (χ1n) is 10.00. The van der Waals surface area contributed by atoms with E-state index in [2.05, 4.69) is 15.0 Å². The van der Waals surface area contributed by atoms with Crippen LogP contribution in [0.2, 0.25) is 0 Å². The van der Waals surface area contributed by atoms with Gasteiger partial charge >= 0.3 is 6.09 Å². The molecule has 3 aromatic heterocycles. The van der Waals surface area contributed by atoms with Crippen LogP contribution < -0.4 is 9.64 Å². The van der Waals surface area contributed by atoms with Crippen LogP contribution in [0.3, 0.4) is 0 Å². The van der Waals surface area contributed by atoms with Crippen LogP contribution in [0.5, 0.6) is 5.88 Å². The molecule has 9 nitrogen and oxygen atoms in total. The molecular formula is C21H26N6O3. The predicted molar refractivity (Wildman–Crippen MR) is 113 cm³/mol. The van der Waals surface area contributed by atoms with Crippen LogP contribution >= 0.6 is 0 Å². The van der Waals surface area contributed by atoms with E-state index in [-0.39, 0.29) is 18.2 Å². The van der Waals surface area contributed by atoms with Gasteiger partial charge in [0.25, 0.3) is 0 Å². The number of hydrogen-bond acceptors (Lipinski definition) is 7. The summed E-state index contributed by atoms with van der Waals surface area (Å²) >= 11 is 0. The minimum absolute atomic E-state index is 0.0806. The summed E-state index contributed by atoms with van der Waals surface area (Å²) in [5, 5.41) is 4.41. The molecule has 1 aliphatic rings. The van der Waals surface area contributed by atoms with Crippen molar-refractivity contribution in [3.8, 4) is 17.0 Å². The lowest BCUT2D eigenvalue weighted by Crippen LogP contribution is -2.40. The molecule has 1 atom stereocenters. The molecule has 30 heavy (non-hydrogen) atoms. The number of nitrogens with zero attached hydrogens (tertiary/aromatic N) is 6. The average Bonchev–Trinajstić information content (AvgIpc) is 3.39. The Hall–Kier alpha value is -3.36. The van der Waals surface area contributed by atoms with Crippen molar-refractivity contribution >= 4 is 17.6 Å². The summed E-state index contributed by atoms with van der Waals surface area (Å²) in [5.41, 5.74) is 2.43. The Bertz CT molecular complexity index is 1050. The number of carbonyl (C=O) groups is 1. The molecule has 0 N–H and O–H groups in total. The van der Waals surface area contributed by atoms with Crippen molar-refractivity contribution in [1.29, 1.82) is 0 Å². The van der Waals surface area contributed by atoms with Crippen molar-refractivity contribution in [1.82, 2.24) is 24.5 Å². The molecule has 0 spiro atoms. The molecule has 1 saturated heterocycles. The molecule has 4 heterocycles. The molecule has 3 aromatic rings. The minimum Gasteiger partial charge on any atom is -0.481 e. The molecular weight excluding hydrogens is 384 g/mol. The Kier molecular flexibility index (Phi) is 5.43. The Morgan fingerprint density at radius 1 is 1.30 bits per heavy atom. The van der Waals surface area contributed by atoms with Gasteiger partial charge in [0.1, 0.15) is 5.82 Å². The van der Waals surface area contributed by atoms with E-state index in [1.165, 1.54) is 0 Å². The van der Waals surface area contributed by atoms with Crippen LogP contribution in [0.4, 0.5) is 10.6 Å². The number of likely N-dealkylation sites (N-methyl/N-ethyl adjacent to an activating group) is 1. The first kappa shape index (κ1) is 19.9. The van der Waals surface area contributed by atoms with Gasteiger partial charge in [0, 0.05) is 38.1 Å². The van der Waals surface area contributed by atoms with Gasteiger partial charge in [-0.05, 0) is 38.5 Å². The Balaban J connectivity index is 1.58. The van der Waals surface area contributed by atoms with Crippen molar-refractivity contribution in [2.75, 3.05) is 32.1 Å². The number of fused-ring (bicyclic) bond motifs is 1. The van der Waals surface area contributed by atoms with Gasteiger partial charge in [-0.2, -0.15) is 5.10 Å². The number of ether oxygens (including phenoxy) is 2. The highest BCUT2D eigenvalue weighted by molar-refractivity contribution is 5.80. The molecule has 0 saturated carbocycles. The zero-order valence-electron chi connectivity index (χ0n) is 17.6. The summed E-state index contributed by atoms with van der Waals surface area (Å²) < 4.78 is 12.5. The summed E-state index contributed by atoms with van der Waals surface area (Å²) in [6.07, 6.45) is 5.80. The van der Waals surface area contributed by atoms with Crippen LogP contribution in [-0.2, 0) is 4.74 Å². The predicted octanol–water partition coefficient (Wildman–Crippen LogP) is 2.86. The van der Waals surface area contributed by atoms with Gasteiger partial charge in [0.2, 0.25) is 5.88 Å². The van der Waals surface area contributed by atoms with E-state index in [4.69, 9.17) is 14.5 Å². The van der Waals surface area contributed by atoms with Crippen molar-refractivity contribution in [2.45, 2.75) is 32.4 Å². The Labute approximate surface area is 175 Å². The summed E-state index contributed by atoms with van der Waals surface area (Å²) in [5.74, 6) is 1.38. The number of methoxy groups -OCH3 is 1. The monoisotopic (exact) mass is 410 g/mol. The second-order valence-electron chi connectivity index (χ2n) is 7.60. The van der Waals surface area contributed by atoms with Crippen LogP contribution in [0.1, 0.15) is 20.3 Å². The van der Waals surface area contributed by atoms with Gasteiger partial charge in [-0.1, -0.05) is 0 Å². The first-order valence-corrected chi connectivity index (χ1v) is 10.00. The molecule has 0 aliphatic carbocycles. The lowest BCUT2D eigenvalue weighted by molar-refractivity contribution is 0.0748. The van der Waals surface area contributed by atoms with Crippen molar-refractivity contribution in [3.05, 3.63) is 36.8 Å².